The van der Waals surface area contributed by atoms with Crippen molar-refractivity contribution in [2.45, 2.75) is 49.0 Å². The molecule has 0 radical (unpaired) electrons. The van der Waals surface area contributed by atoms with Crippen molar-refractivity contribution in [2.24, 2.45) is 11.1 Å². The molecule has 9 nitrogen and oxygen atoms in total. The first-order valence-corrected chi connectivity index (χ1v) is 11.5. The van der Waals surface area contributed by atoms with Gasteiger partial charge in [-0.2, -0.15) is 0 Å². The Bertz CT molecular complexity index is 1080. The van der Waals surface area contributed by atoms with Crippen molar-refractivity contribution in [2.75, 3.05) is 11.9 Å². The Balaban J connectivity index is 1.26. The summed E-state index contributed by atoms with van der Waals surface area (Å²) in [4.78, 5) is 19.9. The smallest absolute Gasteiger partial charge is 0.407 e. The van der Waals surface area contributed by atoms with Crippen LogP contribution in [-0.2, 0) is 14.8 Å². The summed E-state index contributed by atoms with van der Waals surface area (Å²) in [6.45, 7) is 2.40. The minimum atomic E-state index is -3.98. The van der Waals surface area contributed by atoms with E-state index >= 15 is 0 Å². The lowest BCUT2D eigenvalue weighted by atomic mass is 9.72. The van der Waals surface area contributed by atoms with Crippen molar-refractivity contribution in [3.63, 3.8) is 0 Å². The largest absolute Gasteiger partial charge is 0.449 e. The summed E-state index contributed by atoms with van der Waals surface area (Å²) < 4.78 is 42.0. The molecule has 1 amide bonds. The van der Waals surface area contributed by atoms with Crippen LogP contribution < -0.4 is 15.8 Å². The number of benzene rings is 1. The summed E-state index contributed by atoms with van der Waals surface area (Å²) in [5.74, 6) is 0.0145. The summed E-state index contributed by atoms with van der Waals surface area (Å²) in [5.41, 5.74) is 0.917. The normalized spacial score (nSPS) is 21.6. The second-order valence-electron chi connectivity index (χ2n) is 8.47. The monoisotopic (exact) mass is 449 g/mol. The Morgan fingerprint density at radius 1 is 1.29 bits per heavy atom. The lowest BCUT2D eigenvalue weighted by molar-refractivity contribution is 0.0918. The zero-order valence-electron chi connectivity index (χ0n) is 17.0. The third-order valence-corrected chi connectivity index (χ3v) is 6.66. The van der Waals surface area contributed by atoms with Gasteiger partial charge in [0.2, 0.25) is 16.0 Å². The van der Waals surface area contributed by atoms with E-state index in [-0.39, 0.29) is 34.1 Å². The SMILES string of the molecule is CC1(NC(=O)OCC2CC(c3cnc(Nc4ccc(S(N)(=O)=O)cc4F)nc3)C2)CC1. The number of amides is 1. The molecule has 0 atom stereocenters. The van der Waals surface area contributed by atoms with Crippen molar-refractivity contribution in [3.05, 3.63) is 42.0 Å². The van der Waals surface area contributed by atoms with Crippen LogP contribution in [0.2, 0.25) is 0 Å². The lowest BCUT2D eigenvalue weighted by Gasteiger charge is -2.34. The highest BCUT2D eigenvalue weighted by Crippen LogP contribution is 2.41. The number of ether oxygens (including phenoxy) is 1. The fourth-order valence-corrected chi connectivity index (χ4v) is 3.97. The molecule has 2 aliphatic rings. The van der Waals surface area contributed by atoms with E-state index in [0.29, 0.717) is 12.5 Å². The van der Waals surface area contributed by atoms with Crippen LogP contribution in [0.1, 0.15) is 44.1 Å². The van der Waals surface area contributed by atoms with Crippen LogP contribution >= 0.6 is 0 Å². The Morgan fingerprint density at radius 2 is 1.97 bits per heavy atom. The number of primary sulfonamides is 1. The number of nitrogens with one attached hydrogen (secondary N) is 2. The van der Waals surface area contributed by atoms with Crippen molar-refractivity contribution < 1.29 is 22.3 Å². The van der Waals surface area contributed by atoms with Gasteiger partial charge in [-0.1, -0.05) is 0 Å². The van der Waals surface area contributed by atoms with E-state index in [9.17, 15) is 17.6 Å². The van der Waals surface area contributed by atoms with Gasteiger partial charge in [-0.3, -0.25) is 0 Å². The molecule has 1 aromatic heterocycles. The van der Waals surface area contributed by atoms with Crippen molar-refractivity contribution in [3.8, 4) is 0 Å². The molecule has 4 N–H and O–H groups in total. The third kappa shape index (κ3) is 5.28. The van der Waals surface area contributed by atoms with Gasteiger partial charge in [0.05, 0.1) is 17.2 Å². The number of hydrogen-bond acceptors (Lipinski definition) is 7. The van der Waals surface area contributed by atoms with Crippen LogP contribution in [0.4, 0.5) is 20.8 Å². The van der Waals surface area contributed by atoms with Crippen LogP contribution in [0.3, 0.4) is 0 Å². The molecule has 11 heteroatoms. The maximum atomic E-state index is 14.1. The van der Waals surface area contributed by atoms with Crippen LogP contribution in [0, 0.1) is 11.7 Å². The van der Waals surface area contributed by atoms with E-state index in [0.717, 1.165) is 37.3 Å². The number of alkyl carbamates (subject to hydrolysis) is 1. The summed E-state index contributed by atoms with van der Waals surface area (Å²) in [6, 6.07) is 3.31. The van der Waals surface area contributed by atoms with E-state index in [2.05, 4.69) is 20.6 Å². The molecule has 2 saturated carbocycles. The number of carbonyl (C=O) groups excluding carboxylic acids is 1. The number of halogens is 1. The van der Waals surface area contributed by atoms with E-state index in [4.69, 9.17) is 9.88 Å². The molecular weight excluding hydrogens is 425 g/mol. The van der Waals surface area contributed by atoms with Crippen molar-refractivity contribution in [1.29, 1.82) is 0 Å². The molecule has 0 aliphatic heterocycles. The highest BCUT2D eigenvalue weighted by molar-refractivity contribution is 7.89. The molecule has 2 aromatic rings. The Kier molecular flexibility index (Phi) is 5.56. The van der Waals surface area contributed by atoms with Gasteiger partial charge in [0.25, 0.3) is 0 Å². The molecule has 0 unspecified atom stereocenters. The molecular formula is C20H24FN5O4S. The maximum absolute atomic E-state index is 14.1. The van der Waals surface area contributed by atoms with Crippen molar-refractivity contribution in [1.82, 2.24) is 15.3 Å². The number of sulfonamides is 1. The summed E-state index contributed by atoms with van der Waals surface area (Å²) in [6.07, 6.45) is 6.74. The van der Waals surface area contributed by atoms with Gasteiger partial charge < -0.3 is 15.4 Å². The number of anilines is 2. The van der Waals surface area contributed by atoms with Crippen LogP contribution in [-0.4, -0.2) is 36.6 Å². The van der Waals surface area contributed by atoms with Crippen LogP contribution in [0.15, 0.2) is 35.5 Å². The second kappa shape index (κ2) is 8.04. The standard InChI is InChI=1S/C20H24FN5O4S/c1-20(4-5-20)26-19(27)30-11-12-6-13(7-12)14-9-23-18(24-10-14)25-17-3-2-15(8-16(17)21)31(22,28)29/h2-3,8-10,12-13H,4-7,11H2,1H3,(H,26,27)(H2,22,28,29)(H,23,24,25). The number of rotatable bonds is 7. The van der Waals surface area contributed by atoms with E-state index in [1.807, 2.05) is 6.92 Å². The number of nitrogens with zero attached hydrogens (tertiary/aromatic N) is 2. The Hall–Kier alpha value is -2.79. The van der Waals surface area contributed by atoms with Gasteiger partial charge in [0.15, 0.2) is 0 Å². The Morgan fingerprint density at radius 3 is 2.55 bits per heavy atom. The van der Waals surface area contributed by atoms with E-state index < -0.39 is 15.8 Å². The van der Waals surface area contributed by atoms with Gasteiger partial charge in [0.1, 0.15) is 5.82 Å². The number of hydrogen-bond donors (Lipinski definition) is 3. The van der Waals surface area contributed by atoms with Crippen molar-refractivity contribution >= 4 is 27.8 Å². The molecule has 2 fully saturated rings. The zero-order valence-corrected chi connectivity index (χ0v) is 17.8. The van der Waals surface area contributed by atoms with E-state index in [1.165, 1.54) is 12.1 Å². The first-order valence-electron chi connectivity index (χ1n) is 9.98. The second-order valence-corrected chi connectivity index (χ2v) is 10.0. The molecule has 0 spiro atoms. The molecule has 1 aromatic carbocycles. The topological polar surface area (TPSA) is 136 Å². The predicted octanol–water partition coefficient (Wildman–Crippen LogP) is 2.78. The van der Waals surface area contributed by atoms with Crippen LogP contribution in [0.25, 0.3) is 0 Å². The fourth-order valence-electron chi connectivity index (χ4n) is 3.44. The number of carbonyl (C=O) groups is 1. The predicted molar refractivity (Wildman–Crippen MR) is 111 cm³/mol. The van der Waals surface area contributed by atoms with Gasteiger partial charge in [0, 0.05) is 17.9 Å². The van der Waals surface area contributed by atoms with E-state index in [1.54, 1.807) is 12.4 Å². The molecule has 4 rings (SSSR count). The third-order valence-electron chi connectivity index (χ3n) is 5.75. The summed E-state index contributed by atoms with van der Waals surface area (Å²) >= 11 is 0. The van der Waals surface area contributed by atoms with Gasteiger partial charge in [-0.05, 0) is 68.2 Å². The number of nitrogens with two attached hydrogens (primary N) is 1. The lowest BCUT2D eigenvalue weighted by Crippen LogP contribution is -2.36. The maximum Gasteiger partial charge on any atom is 0.407 e. The fraction of sp³-hybridized carbons (Fsp3) is 0.450. The molecule has 2 aliphatic carbocycles. The summed E-state index contributed by atoms with van der Waals surface area (Å²) in [5, 5.41) is 10.6. The average molecular weight is 450 g/mol. The highest BCUT2D eigenvalue weighted by Gasteiger charge is 2.39. The molecule has 0 bridgehead atoms. The van der Waals surface area contributed by atoms with Gasteiger partial charge >= 0.3 is 6.09 Å². The quantitative estimate of drug-likeness (QED) is 0.591. The zero-order chi connectivity index (χ0) is 22.2. The van der Waals surface area contributed by atoms with Crippen LogP contribution in [0.5, 0.6) is 0 Å². The first-order chi connectivity index (χ1) is 14.6. The first kappa shape index (κ1) is 21.4. The van der Waals surface area contributed by atoms with Gasteiger partial charge in [-0.25, -0.2) is 32.7 Å². The average Bonchev–Trinajstić information content (AvgIpc) is 3.39. The number of aromatic nitrogens is 2. The molecule has 31 heavy (non-hydrogen) atoms. The van der Waals surface area contributed by atoms with Gasteiger partial charge in [-0.15, -0.1) is 0 Å². The molecule has 1 heterocycles. The minimum Gasteiger partial charge on any atom is -0.449 e. The molecule has 166 valence electrons. The Labute approximate surface area is 179 Å². The molecule has 0 saturated heterocycles. The minimum absolute atomic E-state index is 0.0411. The highest BCUT2D eigenvalue weighted by atomic mass is 32.2. The summed E-state index contributed by atoms with van der Waals surface area (Å²) in [7, 11) is -3.98.